The maximum Gasteiger partial charge on any atom is 0.421 e. The second-order valence-corrected chi connectivity index (χ2v) is 7.04. The van der Waals surface area contributed by atoms with E-state index in [0.717, 1.165) is 37.6 Å². The molecule has 2 aromatic rings. The quantitative estimate of drug-likeness (QED) is 0.824. The Hall–Kier alpha value is -2.83. The predicted molar refractivity (Wildman–Crippen MR) is 91.3 cm³/mol. The van der Waals surface area contributed by atoms with Gasteiger partial charge in [-0.2, -0.15) is 28.5 Å². The number of anilines is 3. The molecule has 0 aromatic carbocycles. The highest BCUT2D eigenvalue weighted by atomic mass is 19.4. The summed E-state index contributed by atoms with van der Waals surface area (Å²) < 4.78 is 41.3. The SMILES string of the molecule is Cc1c(Nc2ncc(C(F)(F)F)c(NC3CC3)n2)cnn1[C@H]1C[C@H](C#N)C1. The lowest BCUT2D eigenvalue weighted by molar-refractivity contribution is -0.137. The van der Waals surface area contributed by atoms with Crippen LogP contribution in [0.3, 0.4) is 0 Å². The van der Waals surface area contributed by atoms with Gasteiger partial charge >= 0.3 is 6.18 Å². The number of halogens is 3. The van der Waals surface area contributed by atoms with Gasteiger partial charge in [-0.05, 0) is 32.6 Å². The van der Waals surface area contributed by atoms with E-state index in [4.69, 9.17) is 5.26 Å². The van der Waals surface area contributed by atoms with Crippen molar-refractivity contribution in [3.63, 3.8) is 0 Å². The Morgan fingerprint density at radius 2 is 2.00 bits per heavy atom. The summed E-state index contributed by atoms with van der Waals surface area (Å²) in [6.45, 7) is 1.86. The fraction of sp³-hybridized carbons (Fsp3) is 0.529. The number of rotatable bonds is 5. The third-order valence-electron chi connectivity index (χ3n) is 4.95. The van der Waals surface area contributed by atoms with Gasteiger partial charge in [-0.3, -0.25) is 4.68 Å². The van der Waals surface area contributed by atoms with E-state index in [9.17, 15) is 13.2 Å². The van der Waals surface area contributed by atoms with E-state index in [1.54, 1.807) is 6.20 Å². The van der Waals surface area contributed by atoms with Gasteiger partial charge < -0.3 is 10.6 Å². The monoisotopic (exact) mass is 377 g/mol. The molecule has 2 heterocycles. The van der Waals surface area contributed by atoms with Crippen molar-refractivity contribution in [1.29, 1.82) is 5.26 Å². The molecule has 2 saturated carbocycles. The molecule has 7 nitrogen and oxygen atoms in total. The van der Waals surface area contributed by atoms with Crippen molar-refractivity contribution in [1.82, 2.24) is 19.7 Å². The summed E-state index contributed by atoms with van der Waals surface area (Å²) in [5.74, 6) is -0.0648. The van der Waals surface area contributed by atoms with Crippen LogP contribution in [0.25, 0.3) is 0 Å². The molecule has 2 N–H and O–H groups in total. The summed E-state index contributed by atoms with van der Waals surface area (Å²) in [6.07, 6.45) is 1.06. The first-order chi connectivity index (χ1) is 12.8. The summed E-state index contributed by atoms with van der Waals surface area (Å²) >= 11 is 0. The van der Waals surface area contributed by atoms with Gasteiger partial charge in [0, 0.05) is 12.2 Å². The van der Waals surface area contributed by atoms with Crippen LogP contribution >= 0.6 is 0 Å². The molecule has 2 aromatic heterocycles. The van der Waals surface area contributed by atoms with Crippen LogP contribution in [0.15, 0.2) is 12.4 Å². The third-order valence-corrected chi connectivity index (χ3v) is 4.95. The first-order valence-corrected chi connectivity index (χ1v) is 8.76. The number of hydrogen-bond acceptors (Lipinski definition) is 6. The Labute approximate surface area is 153 Å². The Bertz CT molecular complexity index is 889. The van der Waals surface area contributed by atoms with Crippen molar-refractivity contribution < 1.29 is 13.2 Å². The molecule has 0 bridgehead atoms. The molecule has 2 aliphatic rings. The van der Waals surface area contributed by atoms with Crippen molar-refractivity contribution >= 4 is 17.5 Å². The highest BCUT2D eigenvalue weighted by molar-refractivity contribution is 5.58. The smallest absolute Gasteiger partial charge is 0.367 e. The van der Waals surface area contributed by atoms with E-state index in [1.165, 1.54) is 0 Å². The van der Waals surface area contributed by atoms with Crippen LogP contribution in [-0.2, 0) is 6.18 Å². The van der Waals surface area contributed by atoms with Crippen LogP contribution < -0.4 is 10.6 Å². The molecule has 2 aliphatic carbocycles. The Kier molecular flexibility index (Phi) is 4.17. The summed E-state index contributed by atoms with van der Waals surface area (Å²) in [6, 6.07) is 2.44. The molecule has 0 unspecified atom stereocenters. The molecule has 0 amide bonds. The van der Waals surface area contributed by atoms with E-state index in [0.29, 0.717) is 5.69 Å². The van der Waals surface area contributed by atoms with Gasteiger partial charge in [0.25, 0.3) is 0 Å². The van der Waals surface area contributed by atoms with Gasteiger partial charge in [0.1, 0.15) is 11.4 Å². The zero-order chi connectivity index (χ0) is 19.2. The fourth-order valence-electron chi connectivity index (χ4n) is 3.11. The molecule has 0 spiro atoms. The first-order valence-electron chi connectivity index (χ1n) is 8.76. The molecular formula is C17H18F3N7. The van der Waals surface area contributed by atoms with Crippen LogP contribution in [0, 0.1) is 24.2 Å². The molecule has 2 fully saturated rings. The zero-order valence-electron chi connectivity index (χ0n) is 14.6. The molecule has 0 radical (unpaired) electrons. The number of nitrogens with one attached hydrogen (secondary N) is 2. The molecule has 142 valence electrons. The number of nitriles is 1. The van der Waals surface area contributed by atoms with Crippen LogP contribution in [0.4, 0.5) is 30.6 Å². The topological polar surface area (TPSA) is 91.4 Å². The lowest BCUT2D eigenvalue weighted by Crippen LogP contribution is -2.27. The zero-order valence-corrected chi connectivity index (χ0v) is 14.6. The molecule has 0 atom stereocenters. The minimum Gasteiger partial charge on any atom is -0.367 e. The van der Waals surface area contributed by atoms with Crippen LogP contribution in [-0.4, -0.2) is 25.8 Å². The van der Waals surface area contributed by atoms with Gasteiger partial charge in [0.15, 0.2) is 0 Å². The molecule has 0 saturated heterocycles. The average molecular weight is 377 g/mol. The van der Waals surface area contributed by atoms with Crippen molar-refractivity contribution in [3.05, 3.63) is 23.7 Å². The number of alkyl halides is 3. The summed E-state index contributed by atoms with van der Waals surface area (Å²) in [5, 5.41) is 19.0. The van der Waals surface area contributed by atoms with Crippen molar-refractivity contribution in [3.8, 4) is 6.07 Å². The average Bonchev–Trinajstić information content (AvgIpc) is 3.31. The van der Waals surface area contributed by atoms with Gasteiger partial charge in [0.05, 0.1) is 35.6 Å². The Morgan fingerprint density at radius 1 is 1.26 bits per heavy atom. The lowest BCUT2D eigenvalue weighted by atomic mass is 9.81. The summed E-state index contributed by atoms with van der Waals surface area (Å²) in [4.78, 5) is 7.86. The maximum absolute atomic E-state index is 13.2. The maximum atomic E-state index is 13.2. The highest BCUT2D eigenvalue weighted by Crippen LogP contribution is 2.39. The molecule has 0 aliphatic heterocycles. The van der Waals surface area contributed by atoms with Crippen molar-refractivity contribution in [2.24, 2.45) is 5.92 Å². The van der Waals surface area contributed by atoms with Crippen molar-refractivity contribution in [2.75, 3.05) is 10.6 Å². The van der Waals surface area contributed by atoms with E-state index in [1.807, 2.05) is 11.6 Å². The van der Waals surface area contributed by atoms with Crippen LogP contribution in [0.1, 0.15) is 43.0 Å². The molecule has 10 heteroatoms. The van der Waals surface area contributed by atoms with Gasteiger partial charge in [-0.1, -0.05) is 0 Å². The van der Waals surface area contributed by atoms with Crippen LogP contribution in [0.5, 0.6) is 0 Å². The minimum absolute atomic E-state index is 0.0324. The minimum atomic E-state index is -4.52. The standard InChI is InChI=1S/C17H18F3N7/c1-9-14(8-23-27(9)12-4-10(5-12)6-21)25-16-22-7-13(17(18,19)20)15(26-16)24-11-2-3-11/h7-8,10-12H,2-5H2,1H3,(H2,22,24,25,26)/t10-,12-. The van der Waals surface area contributed by atoms with Gasteiger partial charge in [0.2, 0.25) is 5.95 Å². The third kappa shape index (κ3) is 3.54. The van der Waals surface area contributed by atoms with Gasteiger partial charge in [-0.25, -0.2) is 4.98 Å². The van der Waals surface area contributed by atoms with Crippen molar-refractivity contribution in [2.45, 2.75) is 50.9 Å². The number of nitrogens with zero attached hydrogens (tertiary/aromatic N) is 5. The fourth-order valence-corrected chi connectivity index (χ4v) is 3.11. The molecule has 4 rings (SSSR count). The summed E-state index contributed by atoms with van der Waals surface area (Å²) in [5.41, 5.74) is 0.591. The van der Waals surface area contributed by atoms with E-state index >= 15 is 0 Å². The number of aromatic nitrogens is 4. The molecule has 27 heavy (non-hydrogen) atoms. The molecular weight excluding hydrogens is 359 g/mol. The normalized spacial score (nSPS) is 22.0. The van der Waals surface area contributed by atoms with E-state index in [-0.39, 0.29) is 29.8 Å². The van der Waals surface area contributed by atoms with Crippen LogP contribution in [0.2, 0.25) is 0 Å². The largest absolute Gasteiger partial charge is 0.421 e. The second-order valence-electron chi connectivity index (χ2n) is 7.04. The van der Waals surface area contributed by atoms with E-state index in [2.05, 4.69) is 31.8 Å². The first kappa shape index (κ1) is 17.6. The Morgan fingerprint density at radius 3 is 2.63 bits per heavy atom. The second kappa shape index (κ2) is 6.40. The summed E-state index contributed by atoms with van der Waals surface area (Å²) in [7, 11) is 0. The Balaban J connectivity index is 1.54. The van der Waals surface area contributed by atoms with E-state index < -0.39 is 11.7 Å². The number of hydrogen-bond donors (Lipinski definition) is 2. The van der Waals surface area contributed by atoms with Gasteiger partial charge in [-0.15, -0.1) is 0 Å². The lowest BCUT2D eigenvalue weighted by Gasteiger charge is -2.31. The highest BCUT2D eigenvalue weighted by Gasteiger charge is 2.37. The predicted octanol–water partition coefficient (Wildman–Crippen LogP) is 3.79.